The lowest BCUT2D eigenvalue weighted by Gasteiger charge is -2.28. The Hall–Kier alpha value is -1.02. The van der Waals surface area contributed by atoms with Gasteiger partial charge in [0.1, 0.15) is 0 Å². The number of rotatable bonds is 3. The van der Waals surface area contributed by atoms with Gasteiger partial charge in [-0.15, -0.1) is 24.0 Å². The Morgan fingerprint density at radius 2 is 1.95 bits per heavy atom. The van der Waals surface area contributed by atoms with Crippen LogP contribution < -0.4 is 16.0 Å². The van der Waals surface area contributed by atoms with E-state index < -0.39 is 0 Å². The number of anilines is 1. The van der Waals surface area contributed by atoms with E-state index in [1.807, 2.05) is 0 Å². The highest BCUT2D eigenvalue weighted by Crippen LogP contribution is 2.16. The monoisotopic (exact) mass is 376 g/mol. The van der Waals surface area contributed by atoms with Crippen molar-refractivity contribution in [1.82, 2.24) is 5.32 Å². The summed E-state index contributed by atoms with van der Waals surface area (Å²) in [6, 6.07) is 8.50. The van der Waals surface area contributed by atoms with Crippen LogP contribution in [0.15, 0.2) is 29.3 Å². The summed E-state index contributed by atoms with van der Waals surface area (Å²) < 4.78 is 5.34. The van der Waals surface area contributed by atoms with E-state index in [-0.39, 0.29) is 24.0 Å². The highest BCUT2D eigenvalue weighted by atomic mass is 127. The van der Waals surface area contributed by atoms with E-state index in [1.54, 1.807) is 7.05 Å². The number of halogens is 1. The van der Waals surface area contributed by atoms with Crippen LogP contribution in [0, 0.1) is 0 Å². The summed E-state index contributed by atoms with van der Waals surface area (Å²) in [6.07, 6.45) is 0. The fourth-order valence-corrected chi connectivity index (χ4v) is 1.92. The van der Waals surface area contributed by atoms with E-state index in [4.69, 9.17) is 10.5 Å². The predicted molar refractivity (Wildman–Crippen MR) is 89.3 cm³/mol. The van der Waals surface area contributed by atoms with Gasteiger partial charge in [0, 0.05) is 32.4 Å². The van der Waals surface area contributed by atoms with E-state index in [0.29, 0.717) is 12.5 Å². The molecule has 1 aliphatic heterocycles. The molecule has 0 saturated carbocycles. The van der Waals surface area contributed by atoms with Crippen molar-refractivity contribution in [3.63, 3.8) is 0 Å². The zero-order valence-corrected chi connectivity index (χ0v) is 13.5. The van der Waals surface area contributed by atoms with Gasteiger partial charge in [-0.05, 0) is 17.7 Å². The number of nitrogens with one attached hydrogen (secondary N) is 1. The minimum absolute atomic E-state index is 0. The Morgan fingerprint density at radius 1 is 1.32 bits per heavy atom. The second-order valence-electron chi connectivity index (χ2n) is 4.23. The lowest BCUT2D eigenvalue weighted by molar-refractivity contribution is 0.122. The van der Waals surface area contributed by atoms with Crippen molar-refractivity contribution >= 4 is 35.6 Å². The van der Waals surface area contributed by atoms with Crippen LogP contribution in [0.4, 0.5) is 5.69 Å². The molecule has 0 spiro atoms. The quantitative estimate of drug-likeness (QED) is 0.473. The average Bonchev–Trinajstić information content (AvgIpc) is 2.46. The largest absolute Gasteiger partial charge is 0.378 e. The summed E-state index contributed by atoms with van der Waals surface area (Å²) in [7, 11) is 1.67. The number of morpholine rings is 1. The molecule has 0 radical (unpaired) electrons. The van der Waals surface area contributed by atoms with Crippen LogP contribution >= 0.6 is 24.0 Å². The molecular formula is C13H21IN4O. The number of hydrogen-bond donors (Lipinski definition) is 2. The first-order valence-electron chi connectivity index (χ1n) is 6.17. The van der Waals surface area contributed by atoms with Crippen LogP contribution in [0.2, 0.25) is 0 Å². The van der Waals surface area contributed by atoms with Crippen molar-refractivity contribution in [2.45, 2.75) is 6.54 Å². The minimum atomic E-state index is 0. The molecule has 2 rings (SSSR count). The van der Waals surface area contributed by atoms with E-state index in [0.717, 1.165) is 26.3 Å². The fourth-order valence-electron chi connectivity index (χ4n) is 1.92. The first kappa shape index (κ1) is 16.0. The van der Waals surface area contributed by atoms with Gasteiger partial charge < -0.3 is 20.7 Å². The van der Waals surface area contributed by atoms with Gasteiger partial charge >= 0.3 is 0 Å². The Labute approximate surface area is 131 Å². The first-order valence-corrected chi connectivity index (χ1v) is 6.17. The van der Waals surface area contributed by atoms with Crippen molar-refractivity contribution in [1.29, 1.82) is 0 Å². The summed E-state index contributed by atoms with van der Waals surface area (Å²) in [5.74, 6) is 0.465. The summed E-state index contributed by atoms with van der Waals surface area (Å²) in [5.41, 5.74) is 8.03. The van der Waals surface area contributed by atoms with E-state index in [9.17, 15) is 0 Å². The summed E-state index contributed by atoms with van der Waals surface area (Å²) in [5, 5.41) is 3.04. The summed E-state index contributed by atoms with van der Waals surface area (Å²) in [6.45, 7) is 4.26. The molecule has 1 fully saturated rings. The van der Waals surface area contributed by atoms with Gasteiger partial charge in [0.25, 0.3) is 0 Å². The number of ether oxygens (including phenoxy) is 1. The molecule has 106 valence electrons. The lowest BCUT2D eigenvalue weighted by atomic mass is 10.2. The van der Waals surface area contributed by atoms with E-state index in [1.165, 1.54) is 11.3 Å². The fraction of sp³-hybridized carbons (Fsp3) is 0.462. The van der Waals surface area contributed by atoms with Gasteiger partial charge in [-0.3, -0.25) is 4.99 Å². The van der Waals surface area contributed by atoms with Crippen molar-refractivity contribution in [2.24, 2.45) is 10.7 Å². The molecule has 0 aromatic heterocycles. The zero-order chi connectivity index (χ0) is 12.8. The highest BCUT2D eigenvalue weighted by Gasteiger charge is 2.10. The molecule has 1 aromatic carbocycles. The molecule has 1 heterocycles. The molecule has 1 aromatic rings. The van der Waals surface area contributed by atoms with E-state index in [2.05, 4.69) is 39.5 Å². The smallest absolute Gasteiger partial charge is 0.188 e. The highest BCUT2D eigenvalue weighted by molar-refractivity contribution is 14.0. The van der Waals surface area contributed by atoms with Crippen LogP contribution in [0.1, 0.15) is 5.56 Å². The topological polar surface area (TPSA) is 62.9 Å². The van der Waals surface area contributed by atoms with Crippen LogP contribution in [0.25, 0.3) is 0 Å². The maximum Gasteiger partial charge on any atom is 0.188 e. The van der Waals surface area contributed by atoms with Crippen LogP contribution in [0.5, 0.6) is 0 Å². The van der Waals surface area contributed by atoms with Crippen LogP contribution in [-0.4, -0.2) is 39.3 Å². The second-order valence-corrected chi connectivity index (χ2v) is 4.23. The Morgan fingerprint density at radius 3 is 2.53 bits per heavy atom. The third-order valence-corrected chi connectivity index (χ3v) is 3.03. The number of benzene rings is 1. The molecule has 0 atom stereocenters. The Kier molecular flexibility index (Phi) is 6.93. The van der Waals surface area contributed by atoms with Crippen LogP contribution in [-0.2, 0) is 11.3 Å². The van der Waals surface area contributed by atoms with Gasteiger partial charge in [-0.2, -0.15) is 0 Å². The number of nitrogens with two attached hydrogens (primary N) is 1. The van der Waals surface area contributed by atoms with Crippen molar-refractivity contribution in [2.75, 3.05) is 38.3 Å². The standard InChI is InChI=1S/C13H20N4O.HI/c1-15-13(14)16-10-11-2-4-12(5-3-11)17-6-8-18-9-7-17;/h2-5H,6-10H2,1H3,(H3,14,15,16);1H. The predicted octanol–water partition coefficient (Wildman–Crippen LogP) is 1.18. The molecule has 19 heavy (non-hydrogen) atoms. The molecule has 1 aliphatic rings. The third-order valence-electron chi connectivity index (χ3n) is 3.03. The van der Waals surface area contributed by atoms with Gasteiger partial charge in [0.2, 0.25) is 0 Å². The lowest BCUT2D eigenvalue weighted by Crippen LogP contribution is -2.36. The van der Waals surface area contributed by atoms with Gasteiger partial charge in [-0.25, -0.2) is 0 Å². The molecule has 3 N–H and O–H groups in total. The molecule has 5 nitrogen and oxygen atoms in total. The number of aliphatic imine (C=N–C) groups is 1. The Bertz CT molecular complexity index is 402. The number of guanidine groups is 1. The SMILES string of the molecule is CN=C(N)NCc1ccc(N2CCOCC2)cc1.I. The van der Waals surface area contributed by atoms with Crippen LogP contribution in [0.3, 0.4) is 0 Å². The third kappa shape index (κ3) is 4.87. The number of hydrogen-bond acceptors (Lipinski definition) is 3. The molecule has 6 heteroatoms. The molecule has 1 saturated heterocycles. The molecule has 0 bridgehead atoms. The Balaban J connectivity index is 0.00000180. The van der Waals surface area contributed by atoms with E-state index >= 15 is 0 Å². The summed E-state index contributed by atoms with van der Waals surface area (Å²) in [4.78, 5) is 6.19. The normalized spacial score (nSPS) is 15.8. The molecule has 0 amide bonds. The molecule has 0 aliphatic carbocycles. The van der Waals surface area contributed by atoms with Gasteiger partial charge in [0.05, 0.1) is 13.2 Å². The minimum Gasteiger partial charge on any atom is -0.378 e. The number of nitrogens with zero attached hydrogens (tertiary/aromatic N) is 2. The maximum atomic E-state index is 5.58. The zero-order valence-electron chi connectivity index (χ0n) is 11.1. The van der Waals surface area contributed by atoms with Crippen molar-refractivity contribution < 1.29 is 4.74 Å². The van der Waals surface area contributed by atoms with Gasteiger partial charge in [0.15, 0.2) is 5.96 Å². The maximum absolute atomic E-state index is 5.58. The summed E-state index contributed by atoms with van der Waals surface area (Å²) >= 11 is 0. The average molecular weight is 376 g/mol. The van der Waals surface area contributed by atoms with Crippen molar-refractivity contribution in [3.8, 4) is 0 Å². The second kappa shape index (κ2) is 8.21. The molecule has 0 unspecified atom stereocenters. The van der Waals surface area contributed by atoms with Crippen molar-refractivity contribution in [3.05, 3.63) is 29.8 Å². The first-order chi connectivity index (χ1) is 8.79. The molecular weight excluding hydrogens is 355 g/mol. The van der Waals surface area contributed by atoms with Gasteiger partial charge in [-0.1, -0.05) is 12.1 Å².